The Morgan fingerprint density at radius 1 is 1.17 bits per heavy atom. The van der Waals surface area contributed by atoms with Gasteiger partial charge in [-0.15, -0.1) is 0 Å². The Hall–Kier alpha value is -0.410. The first-order valence-electron chi connectivity index (χ1n) is 4.62. The van der Waals surface area contributed by atoms with Crippen molar-refractivity contribution in [3.63, 3.8) is 0 Å². The third kappa shape index (κ3) is 6.31. The van der Waals surface area contributed by atoms with Gasteiger partial charge in [-0.1, -0.05) is 0 Å². The summed E-state index contributed by atoms with van der Waals surface area (Å²) in [4.78, 5) is 0. The topological polar surface area (TPSA) is 55.0 Å². The van der Waals surface area contributed by atoms with Crippen molar-refractivity contribution in [3.05, 3.63) is 0 Å². The Morgan fingerprint density at radius 3 is 2.00 bits per heavy atom. The molecule has 0 saturated heterocycles. The van der Waals surface area contributed by atoms with Crippen LogP contribution in [-0.4, -0.2) is 38.0 Å². The van der Waals surface area contributed by atoms with Crippen LogP contribution in [0.1, 0.15) is 19.3 Å². The number of hydrogen-bond donors (Lipinski definition) is 2. The van der Waals surface area contributed by atoms with Gasteiger partial charge in [-0.05, 0) is 31.8 Å². The molecule has 0 aliphatic carbocycles. The monoisotopic (exact) mass is 172 g/mol. The maximum Gasteiger partial charge on any atom is 0.142 e. The van der Waals surface area contributed by atoms with Crippen LogP contribution in [0.3, 0.4) is 0 Å². The van der Waals surface area contributed by atoms with Gasteiger partial charge in [-0.25, -0.2) is 4.58 Å². The van der Waals surface area contributed by atoms with Crippen molar-refractivity contribution in [1.29, 1.82) is 0 Å². The van der Waals surface area contributed by atoms with Gasteiger partial charge in [0.25, 0.3) is 0 Å². The molecular formula is C9H22N3+. The fourth-order valence-corrected chi connectivity index (χ4v) is 1.31. The van der Waals surface area contributed by atoms with Gasteiger partial charge in [0.15, 0.2) is 0 Å². The molecule has 0 radical (unpaired) electrons. The van der Waals surface area contributed by atoms with E-state index in [0.29, 0.717) is 5.92 Å². The van der Waals surface area contributed by atoms with Crippen LogP contribution in [0.2, 0.25) is 0 Å². The molecule has 0 aromatic rings. The molecule has 0 aromatic heterocycles. The van der Waals surface area contributed by atoms with Crippen molar-refractivity contribution >= 4 is 6.72 Å². The Morgan fingerprint density at radius 2 is 1.67 bits per heavy atom. The first-order chi connectivity index (χ1) is 5.70. The summed E-state index contributed by atoms with van der Waals surface area (Å²) in [5.74, 6) is 0.684. The smallest absolute Gasteiger partial charge is 0.142 e. The van der Waals surface area contributed by atoms with Gasteiger partial charge in [-0.3, -0.25) is 0 Å². The van der Waals surface area contributed by atoms with E-state index in [1.807, 2.05) is 11.6 Å². The van der Waals surface area contributed by atoms with Gasteiger partial charge in [0.2, 0.25) is 0 Å². The number of rotatable bonds is 7. The Balaban J connectivity index is 3.54. The van der Waals surface area contributed by atoms with Crippen molar-refractivity contribution in [3.8, 4) is 0 Å². The van der Waals surface area contributed by atoms with Crippen LogP contribution in [0, 0.1) is 5.92 Å². The average molecular weight is 172 g/mol. The Labute approximate surface area is 75.4 Å². The predicted molar refractivity (Wildman–Crippen MR) is 53.6 cm³/mol. The largest absolute Gasteiger partial charge is 0.330 e. The van der Waals surface area contributed by atoms with Crippen LogP contribution in [-0.2, 0) is 0 Å². The molecule has 3 heteroatoms. The zero-order valence-electron chi connectivity index (χ0n) is 8.13. The van der Waals surface area contributed by atoms with Gasteiger partial charge in [0, 0.05) is 6.42 Å². The maximum absolute atomic E-state index is 5.50. The van der Waals surface area contributed by atoms with E-state index in [1.54, 1.807) is 0 Å². The lowest BCUT2D eigenvalue weighted by Gasteiger charge is -2.12. The highest BCUT2D eigenvalue weighted by molar-refractivity contribution is 5.13. The first kappa shape index (κ1) is 11.6. The third-order valence-corrected chi connectivity index (χ3v) is 2.07. The van der Waals surface area contributed by atoms with Crippen LogP contribution >= 0.6 is 0 Å². The lowest BCUT2D eigenvalue weighted by Crippen LogP contribution is -2.17. The number of nitrogens with zero attached hydrogens (tertiary/aromatic N) is 1. The molecular weight excluding hydrogens is 150 g/mol. The Kier molecular flexibility index (Phi) is 7.00. The summed E-state index contributed by atoms with van der Waals surface area (Å²) in [6.07, 6.45) is 3.34. The summed E-state index contributed by atoms with van der Waals surface area (Å²) in [5, 5.41) is 0. The summed E-state index contributed by atoms with van der Waals surface area (Å²) >= 11 is 0. The van der Waals surface area contributed by atoms with Gasteiger partial charge in [0.05, 0.1) is 0 Å². The highest BCUT2D eigenvalue weighted by Crippen LogP contribution is 2.11. The van der Waals surface area contributed by atoms with Gasteiger partial charge >= 0.3 is 0 Å². The fourth-order valence-electron chi connectivity index (χ4n) is 1.31. The third-order valence-electron chi connectivity index (χ3n) is 2.07. The molecule has 0 saturated carbocycles. The van der Waals surface area contributed by atoms with Crippen LogP contribution in [0.25, 0.3) is 0 Å². The molecule has 72 valence electrons. The highest BCUT2D eigenvalue weighted by atomic mass is 14.9. The summed E-state index contributed by atoms with van der Waals surface area (Å²) in [5.41, 5.74) is 11.0. The van der Waals surface area contributed by atoms with E-state index < -0.39 is 0 Å². The second-order valence-electron chi connectivity index (χ2n) is 3.39. The van der Waals surface area contributed by atoms with E-state index in [9.17, 15) is 0 Å². The summed E-state index contributed by atoms with van der Waals surface area (Å²) in [6, 6.07) is 0. The van der Waals surface area contributed by atoms with E-state index in [2.05, 4.69) is 6.72 Å². The normalized spacial score (nSPS) is 10.7. The molecule has 3 nitrogen and oxygen atoms in total. The van der Waals surface area contributed by atoms with Gasteiger partial charge in [0.1, 0.15) is 20.3 Å². The minimum absolute atomic E-state index is 0.684. The molecule has 0 bridgehead atoms. The zero-order valence-corrected chi connectivity index (χ0v) is 8.13. The van der Waals surface area contributed by atoms with Crippen molar-refractivity contribution in [2.75, 3.05) is 26.7 Å². The molecule has 0 rings (SSSR count). The van der Waals surface area contributed by atoms with E-state index in [-0.39, 0.29) is 0 Å². The standard InChI is InChI=1S/C9H22N3/c1-12(2)8-5-9(3-6-10)4-7-11/h9H,1,3-8,10-11H2,2H3/q+1. The summed E-state index contributed by atoms with van der Waals surface area (Å²) in [7, 11) is 1.99. The minimum Gasteiger partial charge on any atom is -0.330 e. The summed E-state index contributed by atoms with van der Waals surface area (Å²) < 4.78 is 1.96. The van der Waals surface area contributed by atoms with Gasteiger partial charge < -0.3 is 11.5 Å². The molecule has 0 heterocycles. The zero-order chi connectivity index (χ0) is 9.40. The van der Waals surface area contributed by atoms with Gasteiger partial charge in [-0.2, -0.15) is 0 Å². The lowest BCUT2D eigenvalue weighted by atomic mass is 9.97. The fraction of sp³-hybridized carbons (Fsp3) is 0.889. The van der Waals surface area contributed by atoms with Crippen molar-refractivity contribution in [2.24, 2.45) is 17.4 Å². The van der Waals surface area contributed by atoms with Crippen molar-refractivity contribution in [2.45, 2.75) is 19.3 Å². The lowest BCUT2D eigenvalue weighted by molar-refractivity contribution is -0.490. The molecule has 12 heavy (non-hydrogen) atoms. The van der Waals surface area contributed by atoms with Crippen LogP contribution in [0.4, 0.5) is 0 Å². The van der Waals surface area contributed by atoms with Crippen LogP contribution < -0.4 is 11.5 Å². The quantitative estimate of drug-likeness (QED) is 0.420. The number of hydrogen-bond acceptors (Lipinski definition) is 2. The first-order valence-corrected chi connectivity index (χ1v) is 4.62. The van der Waals surface area contributed by atoms with Crippen LogP contribution in [0.5, 0.6) is 0 Å². The second kappa shape index (κ2) is 7.25. The summed E-state index contributed by atoms with van der Waals surface area (Å²) in [6.45, 7) is 6.37. The molecule has 0 amide bonds. The predicted octanol–water partition coefficient (Wildman–Crippen LogP) is 0.0332. The molecule has 0 unspecified atom stereocenters. The van der Waals surface area contributed by atoms with E-state index in [4.69, 9.17) is 11.5 Å². The van der Waals surface area contributed by atoms with E-state index in [0.717, 1.165) is 38.9 Å². The average Bonchev–Trinajstić information content (AvgIpc) is 2.01. The number of nitrogens with two attached hydrogens (primary N) is 2. The molecule has 4 N–H and O–H groups in total. The van der Waals surface area contributed by atoms with E-state index >= 15 is 0 Å². The maximum atomic E-state index is 5.50. The molecule has 0 atom stereocenters. The van der Waals surface area contributed by atoms with Crippen LogP contribution in [0.15, 0.2) is 0 Å². The van der Waals surface area contributed by atoms with E-state index in [1.165, 1.54) is 0 Å². The molecule has 0 aliphatic heterocycles. The second-order valence-corrected chi connectivity index (χ2v) is 3.39. The Bertz CT molecular complexity index is 117. The molecule has 0 fully saturated rings. The van der Waals surface area contributed by atoms with Crippen molar-refractivity contribution < 1.29 is 4.58 Å². The molecule has 0 aliphatic rings. The minimum atomic E-state index is 0.684. The SMILES string of the molecule is C=[N+](C)CCC(CCN)CCN. The highest BCUT2D eigenvalue weighted by Gasteiger charge is 2.08. The molecule has 0 aromatic carbocycles. The van der Waals surface area contributed by atoms with Crippen molar-refractivity contribution in [1.82, 2.24) is 0 Å². The molecule has 0 spiro atoms.